The fourth-order valence-corrected chi connectivity index (χ4v) is 1.23. The quantitative estimate of drug-likeness (QED) is 0.512. The fraction of sp³-hybridized carbons (Fsp3) is 0.857. The second kappa shape index (κ2) is 2.64. The molecule has 1 aliphatic heterocycles. The van der Waals surface area contributed by atoms with Gasteiger partial charge in [0.1, 0.15) is 0 Å². The zero-order chi connectivity index (χ0) is 5.98. The van der Waals surface area contributed by atoms with E-state index in [0.717, 1.165) is 5.92 Å². The normalized spacial score (nSPS) is 18.6. The van der Waals surface area contributed by atoms with Crippen LogP contribution in [0, 0.1) is 5.92 Å². The molecule has 1 heterocycles. The van der Waals surface area contributed by atoms with Crippen molar-refractivity contribution in [2.24, 2.45) is 5.92 Å². The minimum atomic E-state index is 0.901. The average molecular weight is 128 g/mol. The van der Waals surface area contributed by atoms with Gasteiger partial charge in [0.05, 0.1) is 0 Å². The first-order valence-electron chi connectivity index (χ1n) is 3.31. The van der Waals surface area contributed by atoms with Crippen LogP contribution in [0.5, 0.6) is 0 Å². The van der Waals surface area contributed by atoms with Gasteiger partial charge in [0, 0.05) is 6.16 Å². The van der Waals surface area contributed by atoms with Crippen molar-refractivity contribution in [3.05, 3.63) is 0 Å². The third-order valence-corrected chi connectivity index (χ3v) is 2.38. The lowest BCUT2D eigenvalue weighted by Crippen LogP contribution is -1.89. The molecular weight excluding hydrogens is 115 g/mol. The Labute approximate surface area is 53.1 Å². The van der Waals surface area contributed by atoms with Gasteiger partial charge in [-0.25, -0.2) is 0 Å². The van der Waals surface area contributed by atoms with Crippen molar-refractivity contribution in [3.63, 3.8) is 0 Å². The van der Waals surface area contributed by atoms with E-state index in [1.807, 2.05) is 0 Å². The van der Waals surface area contributed by atoms with Crippen molar-refractivity contribution >= 4 is 13.5 Å². The van der Waals surface area contributed by atoms with Crippen molar-refractivity contribution < 1.29 is 0 Å². The van der Waals surface area contributed by atoms with Gasteiger partial charge in [-0.15, -0.1) is 0 Å². The number of hydrogen-bond acceptors (Lipinski definition) is 0. The molecule has 0 radical (unpaired) electrons. The van der Waals surface area contributed by atoms with Crippen LogP contribution in [0.2, 0.25) is 0 Å². The maximum Gasteiger partial charge on any atom is 0.0147 e. The molecule has 1 rings (SSSR count). The topological polar surface area (TPSA) is 0 Å². The SMILES string of the molecule is CC(C)CCC1=PC1. The van der Waals surface area contributed by atoms with Crippen LogP contribution in [0.15, 0.2) is 0 Å². The fourth-order valence-electron chi connectivity index (χ4n) is 0.669. The molecule has 0 aromatic heterocycles. The molecule has 0 aliphatic carbocycles. The van der Waals surface area contributed by atoms with Crippen LogP contribution in [0.1, 0.15) is 26.7 Å². The van der Waals surface area contributed by atoms with E-state index in [-0.39, 0.29) is 0 Å². The predicted octanol–water partition coefficient (Wildman–Crippen LogP) is 2.55. The highest BCUT2D eigenvalue weighted by Gasteiger charge is 2.07. The van der Waals surface area contributed by atoms with E-state index in [1.165, 1.54) is 19.0 Å². The lowest BCUT2D eigenvalue weighted by molar-refractivity contribution is 0.605. The van der Waals surface area contributed by atoms with Crippen LogP contribution < -0.4 is 0 Å². The molecule has 0 spiro atoms. The van der Waals surface area contributed by atoms with Gasteiger partial charge in [-0.2, -0.15) is 0 Å². The van der Waals surface area contributed by atoms with E-state index in [1.54, 1.807) is 13.5 Å². The molecule has 8 heavy (non-hydrogen) atoms. The van der Waals surface area contributed by atoms with E-state index in [4.69, 9.17) is 0 Å². The number of hydrogen-bond donors (Lipinski definition) is 0. The lowest BCUT2D eigenvalue weighted by atomic mass is 10.1. The third kappa shape index (κ3) is 2.47. The smallest absolute Gasteiger partial charge is 0.0147 e. The Kier molecular flexibility index (Phi) is 2.08. The standard InChI is InChI=1S/C7H13P/c1-6(2)3-4-7-5-8-7/h6H,3-5H2,1-2H3. The molecule has 0 fully saturated rings. The highest BCUT2D eigenvalue weighted by Crippen LogP contribution is 2.23. The molecule has 0 unspecified atom stereocenters. The minimum Gasteiger partial charge on any atom is -0.0999 e. The van der Waals surface area contributed by atoms with Crippen LogP contribution in [0.4, 0.5) is 0 Å². The van der Waals surface area contributed by atoms with Crippen molar-refractivity contribution in [1.29, 1.82) is 0 Å². The summed E-state index contributed by atoms with van der Waals surface area (Å²) in [5, 5.41) is 1.78. The molecule has 0 aromatic carbocycles. The zero-order valence-corrected chi connectivity index (χ0v) is 6.54. The van der Waals surface area contributed by atoms with Gasteiger partial charge in [0.15, 0.2) is 0 Å². The summed E-state index contributed by atoms with van der Waals surface area (Å²) in [7, 11) is 1.63. The second-order valence-electron chi connectivity index (χ2n) is 2.81. The van der Waals surface area contributed by atoms with Crippen LogP contribution in [-0.4, -0.2) is 11.5 Å². The Hall–Kier alpha value is 0.170. The highest BCUT2D eigenvalue weighted by atomic mass is 31.1. The van der Waals surface area contributed by atoms with Crippen LogP contribution in [-0.2, 0) is 0 Å². The summed E-state index contributed by atoms with van der Waals surface area (Å²) in [5.41, 5.74) is 0. The molecule has 0 saturated carbocycles. The summed E-state index contributed by atoms with van der Waals surface area (Å²) in [6, 6.07) is 0. The van der Waals surface area contributed by atoms with Gasteiger partial charge in [-0.3, -0.25) is 0 Å². The summed E-state index contributed by atoms with van der Waals surface area (Å²) in [6.45, 7) is 4.58. The van der Waals surface area contributed by atoms with Crippen LogP contribution in [0.3, 0.4) is 0 Å². The van der Waals surface area contributed by atoms with Gasteiger partial charge < -0.3 is 0 Å². The van der Waals surface area contributed by atoms with Crippen molar-refractivity contribution in [2.45, 2.75) is 26.7 Å². The Morgan fingerprint density at radius 1 is 1.62 bits per heavy atom. The first-order chi connectivity index (χ1) is 3.79. The van der Waals surface area contributed by atoms with Gasteiger partial charge in [-0.1, -0.05) is 22.1 Å². The van der Waals surface area contributed by atoms with Gasteiger partial charge in [0.25, 0.3) is 0 Å². The molecule has 0 saturated heterocycles. The van der Waals surface area contributed by atoms with Gasteiger partial charge in [0.2, 0.25) is 0 Å². The lowest BCUT2D eigenvalue weighted by Gasteiger charge is -1.98. The summed E-state index contributed by atoms with van der Waals surface area (Å²) >= 11 is 0. The molecule has 1 aliphatic rings. The Morgan fingerprint density at radius 3 is 2.62 bits per heavy atom. The van der Waals surface area contributed by atoms with Crippen molar-refractivity contribution in [3.8, 4) is 0 Å². The molecule has 0 atom stereocenters. The van der Waals surface area contributed by atoms with Crippen molar-refractivity contribution in [1.82, 2.24) is 0 Å². The van der Waals surface area contributed by atoms with E-state index >= 15 is 0 Å². The maximum atomic E-state index is 2.29. The second-order valence-corrected chi connectivity index (χ2v) is 4.08. The molecule has 46 valence electrons. The predicted molar refractivity (Wildman–Crippen MR) is 40.9 cm³/mol. The zero-order valence-electron chi connectivity index (χ0n) is 5.65. The molecule has 0 bridgehead atoms. The Balaban J connectivity index is 1.95. The molecule has 0 nitrogen and oxygen atoms in total. The van der Waals surface area contributed by atoms with Crippen LogP contribution >= 0.6 is 8.20 Å². The molecular formula is C7H13P. The maximum absolute atomic E-state index is 2.29. The molecule has 0 N–H and O–H groups in total. The minimum absolute atomic E-state index is 0.901. The van der Waals surface area contributed by atoms with Crippen LogP contribution in [0.25, 0.3) is 0 Å². The third-order valence-electron chi connectivity index (χ3n) is 1.39. The van der Waals surface area contributed by atoms with E-state index in [2.05, 4.69) is 13.8 Å². The van der Waals surface area contributed by atoms with Gasteiger partial charge >= 0.3 is 0 Å². The largest absolute Gasteiger partial charge is 0.0999 e. The Bertz CT molecular complexity index is 103. The highest BCUT2D eigenvalue weighted by molar-refractivity contribution is 7.53. The Morgan fingerprint density at radius 2 is 2.25 bits per heavy atom. The first-order valence-corrected chi connectivity index (χ1v) is 4.39. The van der Waals surface area contributed by atoms with E-state index in [9.17, 15) is 0 Å². The summed E-state index contributed by atoms with van der Waals surface area (Å²) < 4.78 is 0. The van der Waals surface area contributed by atoms with Crippen molar-refractivity contribution in [2.75, 3.05) is 6.16 Å². The average Bonchev–Trinajstić information content (AvgIpc) is 2.41. The van der Waals surface area contributed by atoms with E-state index < -0.39 is 0 Å². The van der Waals surface area contributed by atoms with E-state index in [0.29, 0.717) is 0 Å². The summed E-state index contributed by atoms with van der Waals surface area (Å²) in [6.07, 6.45) is 4.22. The first kappa shape index (κ1) is 6.29. The van der Waals surface area contributed by atoms with Gasteiger partial charge in [-0.05, 0) is 24.1 Å². The molecule has 0 aromatic rings. The molecule has 0 amide bonds. The summed E-state index contributed by atoms with van der Waals surface area (Å²) in [5.74, 6) is 0.901. The summed E-state index contributed by atoms with van der Waals surface area (Å²) in [4.78, 5) is 0. The monoisotopic (exact) mass is 128 g/mol. The number of rotatable bonds is 3. The molecule has 1 heteroatoms.